The Morgan fingerprint density at radius 1 is 1.78 bits per heavy atom. The number of nitrogens with two attached hydrogens (primary N) is 1. The van der Waals surface area contributed by atoms with E-state index in [4.69, 9.17) is 10.5 Å². The molecular formula is C7H15NO. The summed E-state index contributed by atoms with van der Waals surface area (Å²) in [7, 11) is 0. The SMILES string of the molecule is C[C@@H](CN)[C@H]1CCCO1. The molecule has 0 aliphatic carbocycles. The molecule has 9 heavy (non-hydrogen) atoms. The fourth-order valence-electron chi connectivity index (χ4n) is 1.20. The largest absolute Gasteiger partial charge is 0.378 e. The molecule has 1 fully saturated rings. The van der Waals surface area contributed by atoms with Gasteiger partial charge in [-0.1, -0.05) is 6.92 Å². The van der Waals surface area contributed by atoms with Crippen molar-refractivity contribution in [3.63, 3.8) is 0 Å². The highest BCUT2D eigenvalue weighted by atomic mass is 16.5. The molecule has 1 aliphatic rings. The number of ether oxygens (including phenoxy) is 1. The molecule has 1 rings (SSSR count). The van der Waals surface area contributed by atoms with E-state index < -0.39 is 0 Å². The topological polar surface area (TPSA) is 35.2 Å². The highest BCUT2D eigenvalue weighted by molar-refractivity contribution is 4.71. The predicted octanol–water partition coefficient (Wildman–Crippen LogP) is 0.760. The lowest BCUT2D eigenvalue weighted by molar-refractivity contribution is 0.0724. The fourth-order valence-corrected chi connectivity index (χ4v) is 1.20. The quantitative estimate of drug-likeness (QED) is 0.597. The fraction of sp³-hybridized carbons (Fsp3) is 1.00. The summed E-state index contributed by atoms with van der Waals surface area (Å²) in [5.74, 6) is 0.549. The zero-order chi connectivity index (χ0) is 6.69. The molecule has 0 amide bonds. The Hall–Kier alpha value is -0.0800. The maximum absolute atomic E-state index is 5.47. The molecule has 0 unspecified atom stereocenters. The molecular weight excluding hydrogens is 114 g/mol. The van der Waals surface area contributed by atoms with Crippen molar-refractivity contribution in [3.05, 3.63) is 0 Å². The van der Waals surface area contributed by atoms with Crippen LogP contribution in [0.1, 0.15) is 19.8 Å². The van der Waals surface area contributed by atoms with Crippen LogP contribution in [0.25, 0.3) is 0 Å². The molecule has 2 heteroatoms. The zero-order valence-corrected chi connectivity index (χ0v) is 5.97. The van der Waals surface area contributed by atoms with Crippen LogP contribution < -0.4 is 5.73 Å². The summed E-state index contributed by atoms with van der Waals surface area (Å²) in [6.07, 6.45) is 2.88. The average molecular weight is 129 g/mol. The summed E-state index contributed by atoms with van der Waals surface area (Å²) in [6.45, 7) is 3.84. The van der Waals surface area contributed by atoms with Gasteiger partial charge in [-0.2, -0.15) is 0 Å². The van der Waals surface area contributed by atoms with Crippen molar-refractivity contribution in [1.29, 1.82) is 0 Å². The van der Waals surface area contributed by atoms with Gasteiger partial charge in [-0.05, 0) is 25.3 Å². The molecule has 0 spiro atoms. The van der Waals surface area contributed by atoms with E-state index in [0.717, 1.165) is 13.2 Å². The van der Waals surface area contributed by atoms with Crippen molar-refractivity contribution in [1.82, 2.24) is 0 Å². The molecule has 2 N–H and O–H groups in total. The summed E-state index contributed by atoms with van der Waals surface area (Å²) < 4.78 is 5.43. The van der Waals surface area contributed by atoms with Crippen LogP contribution in [-0.2, 0) is 4.74 Å². The lowest BCUT2D eigenvalue weighted by Crippen LogP contribution is -2.24. The first-order valence-electron chi connectivity index (χ1n) is 3.66. The van der Waals surface area contributed by atoms with Gasteiger partial charge in [0.15, 0.2) is 0 Å². The smallest absolute Gasteiger partial charge is 0.0613 e. The Labute approximate surface area is 56.4 Å². The van der Waals surface area contributed by atoms with Crippen LogP contribution in [0.4, 0.5) is 0 Å². The molecule has 0 aromatic rings. The maximum atomic E-state index is 5.47. The summed E-state index contributed by atoms with van der Waals surface area (Å²) in [5, 5.41) is 0. The van der Waals surface area contributed by atoms with E-state index in [0.29, 0.717) is 12.0 Å². The maximum Gasteiger partial charge on any atom is 0.0613 e. The van der Waals surface area contributed by atoms with Crippen LogP contribution in [0.15, 0.2) is 0 Å². The molecule has 0 aromatic carbocycles. The Kier molecular flexibility index (Phi) is 2.49. The second-order valence-electron chi connectivity index (χ2n) is 2.76. The number of rotatable bonds is 2. The summed E-state index contributed by atoms with van der Waals surface area (Å²) in [6, 6.07) is 0. The zero-order valence-electron chi connectivity index (χ0n) is 5.97. The van der Waals surface area contributed by atoms with E-state index in [-0.39, 0.29) is 0 Å². The second kappa shape index (κ2) is 3.18. The first-order valence-corrected chi connectivity index (χ1v) is 3.66. The summed E-state index contributed by atoms with van der Waals surface area (Å²) >= 11 is 0. The third-order valence-corrected chi connectivity index (χ3v) is 1.97. The summed E-state index contributed by atoms with van der Waals surface area (Å²) in [4.78, 5) is 0. The minimum Gasteiger partial charge on any atom is -0.378 e. The van der Waals surface area contributed by atoms with Gasteiger partial charge in [0, 0.05) is 6.61 Å². The average Bonchev–Trinajstić information content (AvgIpc) is 2.37. The van der Waals surface area contributed by atoms with Crippen molar-refractivity contribution >= 4 is 0 Å². The molecule has 54 valence electrons. The van der Waals surface area contributed by atoms with Crippen LogP contribution in [0.5, 0.6) is 0 Å². The Morgan fingerprint density at radius 3 is 3.00 bits per heavy atom. The molecule has 0 radical (unpaired) electrons. The van der Waals surface area contributed by atoms with Crippen LogP contribution in [-0.4, -0.2) is 19.3 Å². The van der Waals surface area contributed by atoms with Gasteiger partial charge in [0.2, 0.25) is 0 Å². The molecule has 0 saturated carbocycles. The van der Waals surface area contributed by atoms with E-state index >= 15 is 0 Å². The van der Waals surface area contributed by atoms with Crippen LogP contribution in [0.2, 0.25) is 0 Å². The standard InChI is InChI=1S/C7H15NO/c1-6(5-8)7-3-2-4-9-7/h6-7H,2-5,8H2,1H3/t6-,7+/m0/s1. The molecule has 1 saturated heterocycles. The van der Waals surface area contributed by atoms with Crippen LogP contribution in [0, 0.1) is 5.92 Å². The normalized spacial score (nSPS) is 30.7. The van der Waals surface area contributed by atoms with Gasteiger partial charge >= 0.3 is 0 Å². The van der Waals surface area contributed by atoms with Crippen LogP contribution >= 0.6 is 0 Å². The first kappa shape index (κ1) is 7.03. The summed E-state index contributed by atoms with van der Waals surface area (Å²) in [5.41, 5.74) is 5.47. The number of hydrogen-bond acceptors (Lipinski definition) is 2. The van der Waals surface area contributed by atoms with Crippen molar-refractivity contribution in [2.75, 3.05) is 13.2 Å². The lowest BCUT2D eigenvalue weighted by Gasteiger charge is -2.15. The minimum absolute atomic E-state index is 0.454. The minimum atomic E-state index is 0.454. The van der Waals surface area contributed by atoms with Crippen molar-refractivity contribution in [3.8, 4) is 0 Å². The van der Waals surface area contributed by atoms with Crippen molar-refractivity contribution in [2.24, 2.45) is 11.7 Å². The van der Waals surface area contributed by atoms with E-state index in [2.05, 4.69) is 6.92 Å². The molecule has 0 bridgehead atoms. The van der Waals surface area contributed by atoms with E-state index in [1.807, 2.05) is 0 Å². The third kappa shape index (κ3) is 1.66. The lowest BCUT2D eigenvalue weighted by atomic mass is 10.0. The van der Waals surface area contributed by atoms with Gasteiger partial charge in [-0.25, -0.2) is 0 Å². The monoisotopic (exact) mass is 129 g/mol. The predicted molar refractivity (Wildman–Crippen MR) is 37.2 cm³/mol. The Bertz CT molecular complexity index is 79.0. The van der Waals surface area contributed by atoms with E-state index in [1.54, 1.807) is 0 Å². The van der Waals surface area contributed by atoms with Gasteiger partial charge < -0.3 is 10.5 Å². The number of hydrogen-bond donors (Lipinski definition) is 1. The van der Waals surface area contributed by atoms with Gasteiger partial charge in [-0.15, -0.1) is 0 Å². The van der Waals surface area contributed by atoms with Gasteiger partial charge in [0.05, 0.1) is 6.10 Å². The second-order valence-corrected chi connectivity index (χ2v) is 2.76. The highest BCUT2D eigenvalue weighted by Crippen LogP contribution is 2.18. The molecule has 1 aliphatic heterocycles. The first-order chi connectivity index (χ1) is 4.34. The van der Waals surface area contributed by atoms with Crippen molar-refractivity contribution < 1.29 is 4.74 Å². The van der Waals surface area contributed by atoms with Gasteiger partial charge in [0.1, 0.15) is 0 Å². The Balaban J connectivity index is 2.24. The van der Waals surface area contributed by atoms with Gasteiger partial charge in [0.25, 0.3) is 0 Å². The van der Waals surface area contributed by atoms with E-state index in [9.17, 15) is 0 Å². The third-order valence-electron chi connectivity index (χ3n) is 1.97. The van der Waals surface area contributed by atoms with E-state index in [1.165, 1.54) is 12.8 Å². The molecule has 1 heterocycles. The Morgan fingerprint density at radius 2 is 2.56 bits per heavy atom. The van der Waals surface area contributed by atoms with Crippen molar-refractivity contribution in [2.45, 2.75) is 25.9 Å². The van der Waals surface area contributed by atoms with Gasteiger partial charge in [-0.3, -0.25) is 0 Å². The van der Waals surface area contributed by atoms with Crippen LogP contribution in [0.3, 0.4) is 0 Å². The molecule has 0 aromatic heterocycles. The molecule has 2 nitrogen and oxygen atoms in total. The highest BCUT2D eigenvalue weighted by Gasteiger charge is 2.20. The molecule has 2 atom stereocenters.